The Bertz CT molecular complexity index is 2390. The van der Waals surface area contributed by atoms with Crippen LogP contribution in [0, 0.1) is 20.2 Å². The Morgan fingerprint density at radius 3 is 0.969 bits per heavy atom. The zero-order chi connectivity index (χ0) is 75.0. The second-order valence-corrected chi connectivity index (χ2v) is 54.5. The molecule has 0 aliphatic heterocycles. The minimum atomic E-state index is -3.35. The van der Waals surface area contributed by atoms with Crippen LogP contribution in [0.5, 0.6) is 0 Å². The van der Waals surface area contributed by atoms with Crippen LogP contribution >= 0.6 is 240 Å². The van der Waals surface area contributed by atoms with Crippen LogP contribution in [0.15, 0.2) is 12.4 Å². The molecule has 0 aliphatic rings. The molecule has 2 aromatic rings. The zero-order valence-corrected chi connectivity index (χ0v) is 77.6. The van der Waals surface area contributed by atoms with Crippen molar-refractivity contribution in [2.75, 3.05) is 162 Å². The number of nitrogens with zero attached hydrogens (tertiary/aromatic N) is 14. The van der Waals surface area contributed by atoms with Crippen LogP contribution < -0.4 is 24.2 Å². The molecule has 2 heterocycles. The fourth-order valence-electron chi connectivity index (χ4n) is 5.57. The molecule has 0 bridgehead atoms. The van der Waals surface area contributed by atoms with Crippen molar-refractivity contribution in [1.29, 1.82) is 0 Å². The van der Waals surface area contributed by atoms with E-state index in [9.17, 15) is 43.1 Å². The molecule has 0 saturated heterocycles. The number of halogens is 18. The summed E-state index contributed by atoms with van der Waals surface area (Å²) in [4.78, 5) is 27.0. The molecule has 2 N–H and O–H groups in total. The van der Waals surface area contributed by atoms with E-state index in [2.05, 4.69) is 95.2 Å². The monoisotopic (exact) mass is 1880 g/mol. The normalized spacial score (nSPS) is 11.4. The number of hydrogen-bond donors (Lipinski definition) is 2. The second-order valence-electron chi connectivity index (χ2n) is 20.2. The molecule has 584 valence electrons. The van der Waals surface area contributed by atoms with Gasteiger partial charge >= 0.3 is 63.2 Å². The van der Waals surface area contributed by atoms with Gasteiger partial charge in [0.15, 0.2) is 0 Å². The maximum atomic E-state index is 13.2. The van der Waals surface area contributed by atoms with E-state index < -0.39 is 58.8 Å². The first kappa shape index (κ1) is 125. The number of imidazole rings is 2. The average Bonchev–Trinajstić information content (AvgIpc) is 1.82. The van der Waals surface area contributed by atoms with Crippen LogP contribution in [0.4, 0.5) is 11.9 Å². The van der Waals surface area contributed by atoms with Crippen LogP contribution in [0.2, 0.25) is 39.3 Å². The molecule has 52 heteroatoms. The standard InChI is InChI=1S/C11H20Cl2N5O4P.2C6H14Cl3N2OP.C6H18NSi2.C5H7N3O3.C4H9Cl.C3H7Cl3NOP.C3H8ClN.CH4.Cl3OP.2ClH.Li/c1-15(6-4-12)23(21,16(2)7-5-13)22-9-10-8-14-11(17(10)3)18(19)20;2*1-10(5-3-7)13(9,12)11(2)6-4-8;1-8(2,3)7-9(4,5)6;1-7-4(3-9)2-6-5(7)8(10)11;1-2-3-4-5;1-7(3-2-4)9(5,6)8;1-5-3-2-4;;1-5(2,3)4;;;/h8H,4-7,9H2,1-3H3;2*3-6H2,1-2H3;1-6H3;2,9H,3H2,1H3;2-4H2,1H3;2-3H2,1H3;5H,2-3H2,1H3;1H4;;2*1H;/q;;;-1;;;;;;;;;+1. The molecule has 97 heavy (non-hydrogen) atoms. The summed E-state index contributed by atoms with van der Waals surface area (Å²) in [5, 5.41) is 29.3. The van der Waals surface area contributed by atoms with E-state index in [1.54, 1.807) is 68.0 Å². The van der Waals surface area contributed by atoms with Gasteiger partial charge in [-0.1, -0.05) is 86.5 Å². The number of hydrogen-bond acceptors (Lipinski definition) is 14. The van der Waals surface area contributed by atoms with E-state index in [-0.39, 0.29) is 88.0 Å². The summed E-state index contributed by atoms with van der Waals surface area (Å²) in [6, 6.07) is 0. The molecule has 0 fully saturated rings. The van der Waals surface area contributed by atoms with Crippen LogP contribution in [0.3, 0.4) is 0 Å². The van der Waals surface area contributed by atoms with Crippen molar-refractivity contribution < 1.29 is 61.2 Å². The van der Waals surface area contributed by atoms with Gasteiger partial charge in [-0.05, 0) is 151 Å². The summed E-state index contributed by atoms with van der Waals surface area (Å²) >= 11 is 85.5. The average molecular weight is 1890 g/mol. The third kappa shape index (κ3) is 68.0. The summed E-state index contributed by atoms with van der Waals surface area (Å²) in [6.45, 7) is 13.7. The summed E-state index contributed by atoms with van der Waals surface area (Å²) in [5.41, 5.74) is 0.868. The summed E-state index contributed by atoms with van der Waals surface area (Å²) in [7, 11) is 10.9. The van der Waals surface area contributed by atoms with E-state index >= 15 is 0 Å². The molecule has 0 unspecified atom stereocenters. The Morgan fingerprint density at radius 2 is 0.814 bits per heavy atom. The number of alkyl halides is 9. The molecule has 0 amide bonds. The van der Waals surface area contributed by atoms with Gasteiger partial charge in [-0.2, -0.15) is 0 Å². The Kier molecular flexibility index (Phi) is 89.3. The number of aliphatic hydroxyl groups is 1. The van der Waals surface area contributed by atoms with Gasteiger partial charge in [0.05, 0.1) is 14.1 Å². The van der Waals surface area contributed by atoms with E-state index in [1.165, 1.54) is 56.1 Å². The molecule has 0 atom stereocenters. The Morgan fingerprint density at radius 1 is 0.546 bits per heavy atom. The minimum Gasteiger partial charge on any atom is -0.668 e. The van der Waals surface area contributed by atoms with Gasteiger partial charge in [-0.3, -0.25) is 27.3 Å². The van der Waals surface area contributed by atoms with Gasteiger partial charge in [-0.15, -0.1) is 129 Å². The number of aliphatic hydroxyl groups excluding tert-OH is 1. The van der Waals surface area contributed by atoms with E-state index in [4.69, 9.17) is 164 Å². The van der Waals surface area contributed by atoms with Crippen LogP contribution in [-0.2, 0) is 54.7 Å². The van der Waals surface area contributed by atoms with Gasteiger partial charge in [0.2, 0.25) is 0 Å². The van der Waals surface area contributed by atoms with Crippen molar-refractivity contribution >= 4 is 269 Å². The first-order valence-corrected chi connectivity index (χ1v) is 53.4. The first-order valence-electron chi connectivity index (χ1n) is 27.3. The SMILES string of the molecule is C.CCCCCl.CN(CCCl)P(=O)(Cl)Cl.CN(CCCl)P(=O)(Cl)N(C)CCCl.CN(CCCl)P(=O)(Cl)N(C)CCCl.CN(CCCl)P(=O)(OCc1cnc([N+](=O)[O-])n1C)N(C)CCCl.CNCCCl.C[Si](C)(C)[N-][Si](C)(C)C.Cl.Cl.Cn1c(CO)cnc1[N+](=O)[O-].O=P(Cl)(Cl)Cl.[Li+]. The predicted molar refractivity (Wildman–Crippen MR) is 434 cm³/mol. The largest absolute Gasteiger partial charge is 1.00 e. The molecular formula is C45H103Cl18LiN15O11P5Si2. The molecular weight excluding hydrogens is 1780 g/mol. The van der Waals surface area contributed by atoms with Gasteiger partial charge in [-0.25, -0.2) is 41.8 Å². The Hall–Kier alpha value is 4.18. The number of rotatable bonds is 33. The van der Waals surface area contributed by atoms with Crippen molar-refractivity contribution in [1.82, 2.24) is 57.1 Å². The summed E-state index contributed by atoms with van der Waals surface area (Å²) in [6.07, 6.45) is 4.97. The fourth-order valence-corrected chi connectivity index (χ4v) is 22.7. The zero-order valence-electron chi connectivity index (χ0n) is 57.4. The summed E-state index contributed by atoms with van der Waals surface area (Å²) in [5.74, 6) is 0.450. The number of nitrogens with one attached hydrogen (secondary N) is 1. The number of nitro groups is 2. The topological polar surface area (TPSA) is 286 Å². The minimum absolute atomic E-state index is 0. The van der Waals surface area contributed by atoms with Gasteiger partial charge in [0, 0.05) is 105 Å². The van der Waals surface area contributed by atoms with Crippen molar-refractivity contribution in [3.63, 3.8) is 0 Å². The molecule has 26 nitrogen and oxygen atoms in total. The van der Waals surface area contributed by atoms with Crippen molar-refractivity contribution in [3.8, 4) is 0 Å². The Labute approximate surface area is 684 Å². The van der Waals surface area contributed by atoms with Crippen LogP contribution in [0.1, 0.15) is 38.6 Å². The first-order chi connectivity index (χ1) is 42.4. The van der Waals surface area contributed by atoms with Crippen molar-refractivity contribution in [2.45, 2.75) is 79.7 Å². The number of aromatic nitrogens is 4. The molecule has 0 spiro atoms. The molecule has 0 radical (unpaired) electrons. The molecule has 0 aliphatic carbocycles. The second kappa shape index (κ2) is 69.4. The van der Waals surface area contributed by atoms with E-state index in [0.717, 1.165) is 18.8 Å². The third-order valence-corrected chi connectivity index (χ3v) is 29.7. The van der Waals surface area contributed by atoms with Crippen molar-refractivity contribution in [2.24, 2.45) is 14.1 Å². The maximum absolute atomic E-state index is 13.2. The van der Waals surface area contributed by atoms with Gasteiger partial charge < -0.3 is 35.3 Å². The van der Waals surface area contributed by atoms with Crippen molar-refractivity contribution in [3.05, 3.63) is 48.7 Å². The Balaban J connectivity index is -0.0000000991. The summed E-state index contributed by atoms with van der Waals surface area (Å²) < 4.78 is 80.7. The molecule has 2 rings (SSSR count). The van der Waals surface area contributed by atoms with Gasteiger partial charge in [0.25, 0.3) is 0 Å². The predicted octanol–water partition coefficient (Wildman–Crippen LogP) is 17.0. The smallest absolute Gasteiger partial charge is 0.668 e. The van der Waals surface area contributed by atoms with E-state index in [1.807, 2.05) is 7.05 Å². The quantitative estimate of drug-likeness (QED) is 0.0221. The maximum Gasteiger partial charge on any atom is 1.00 e. The van der Waals surface area contributed by atoms with Crippen LogP contribution in [0.25, 0.3) is 4.65 Å². The molecule has 0 saturated carbocycles. The molecule has 0 aromatic carbocycles. The number of unbranched alkanes of at least 4 members (excludes halogenated alkanes) is 1. The third-order valence-electron chi connectivity index (χ3n) is 10.3. The fraction of sp³-hybridized carbons (Fsp3) is 0.867. The van der Waals surface area contributed by atoms with E-state index in [0.29, 0.717) is 92.5 Å². The molecule has 2 aromatic heterocycles. The van der Waals surface area contributed by atoms with Gasteiger partial charge in [0.1, 0.15) is 37.0 Å². The van der Waals surface area contributed by atoms with Crippen LogP contribution in [-0.4, -0.2) is 245 Å².